The summed E-state index contributed by atoms with van der Waals surface area (Å²) < 4.78 is 1.65. The molecule has 0 atom stereocenters. The lowest BCUT2D eigenvalue weighted by Gasteiger charge is -1.97. The lowest BCUT2D eigenvalue weighted by molar-refractivity contribution is 0.111. The minimum absolute atomic E-state index is 0.567. The number of carbonyl (C=O) groups is 1. The fourth-order valence-corrected chi connectivity index (χ4v) is 1.14. The molecule has 0 aliphatic carbocycles. The number of nitrogens with zero attached hydrogens (tertiary/aromatic N) is 3. The third-order valence-electron chi connectivity index (χ3n) is 1.65. The van der Waals surface area contributed by atoms with Gasteiger partial charge in [-0.2, -0.15) is 0 Å². The molecule has 0 spiro atoms. The van der Waals surface area contributed by atoms with Gasteiger partial charge in [-0.05, 0) is 13.0 Å². The smallest absolute Gasteiger partial charge is 0.234 e. The van der Waals surface area contributed by atoms with Crippen LogP contribution in [0.1, 0.15) is 16.2 Å². The van der Waals surface area contributed by atoms with E-state index in [-0.39, 0.29) is 0 Å². The van der Waals surface area contributed by atoms with Crippen LogP contribution in [0.3, 0.4) is 0 Å². The summed E-state index contributed by atoms with van der Waals surface area (Å²) in [5.74, 6) is 0.567. The third-order valence-corrected chi connectivity index (χ3v) is 1.65. The molecule has 60 valence electrons. The summed E-state index contributed by atoms with van der Waals surface area (Å²) >= 11 is 0. The van der Waals surface area contributed by atoms with Crippen LogP contribution >= 0.6 is 0 Å². The minimum atomic E-state index is 0.567. The maximum atomic E-state index is 10.6. The van der Waals surface area contributed by atoms with E-state index in [1.807, 2.05) is 6.92 Å². The van der Waals surface area contributed by atoms with Crippen LogP contribution in [0, 0.1) is 6.92 Å². The Bertz CT molecular complexity index is 433. The van der Waals surface area contributed by atoms with Gasteiger partial charge in [0.2, 0.25) is 5.78 Å². The molecule has 0 radical (unpaired) electrons. The van der Waals surface area contributed by atoms with Crippen molar-refractivity contribution in [2.75, 3.05) is 0 Å². The molecule has 2 heterocycles. The molecule has 12 heavy (non-hydrogen) atoms. The van der Waals surface area contributed by atoms with Gasteiger partial charge in [0.05, 0.1) is 5.69 Å². The van der Waals surface area contributed by atoms with Crippen molar-refractivity contribution in [3.05, 3.63) is 29.8 Å². The summed E-state index contributed by atoms with van der Waals surface area (Å²) in [5, 5.41) is 0. The number of aldehydes is 1. The van der Waals surface area contributed by atoms with Crippen molar-refractivity contribution < 1.29 is 4.79 Å². The van der Waals surface area contributed by atoms with E-state index in [1.165, 1.54) is 0 Å². The second-order valence-corrected chi connectivity index (χ2v) is 2.54. The highest BCUT2D eigenvalue weighted by Gasteiger charge is 2.01. The van der Waals surface area contributed by atoms with Crippen LogP contribution in [-0.2, 0) is 0 Å². The van der Waals surface area contributed by atoms with Crippen LogP contribution in [0.4, 0.5) is 0 Å². The van der Waals surface area contributed by atoms with E-state index in [2.05, 4.69) is 9.97 Å². The summed E-state index contributed by atoms with van der Waals surface area (Å²) in [6.07, 6.45) is 4.13. The summed E-state index contributed by atoms with van der Waals surface area (Å²) in [6, 6.07) is 1.72. The van der Waals surface area contributed by atoms with Gasteiger partial charge < -0.3 is 0 Å². The van der Waals surface area contributed by atoms with E-state index in [9.17, 15) is 4.79 Å². The number of carbonyl (C=O) groups excluding carboxylic acids is 1. The second-order valence-electron chi connectivity index (χ2n) is 2.54. The number of hydrogen-bond donors (Lipinski definition) is 0. The Morgan fingerprint density at radius 3 is 3.17 bits per heavy atom. The largest absolute Gasteiger partial charge is 0.296 e. The van der Waals surface area contributed by atoms with Gasteiger partial charge >= 0.3 is 0 Å². The predicted octanol–water partition coefficient (Wildman–Crippen LogP) is 0.850. The monoisotopic (exact) mass is 161 g/mol. The van der Waals surface area contributed by atoms with Gasteiger partial charge in [0.1, 0.15) is 0 Å². The SMILES string of the molecule is Cc1cc(C=O)n2ccnc2n1. The molecule has 0 saturated carbocycles. The molecule has 0 N–H and O–H groups in total. The van der Waals surface area contributed by atoms with Crippen LogP contribution in [-0.4, -0.2) is 20.7 Å². The fourth-order valence-electron chi connectivity index (χ4n) is 1.14. The zero-order chi connectivity index (χ0) is 8.55. The topological polar surface area (TPSA) is 47.3 Å². The first-order chi connectivity index (χ1) is 5.81. The molecule has 2 rings (SSSR count). The summed E-state index contributed by atoms with van der Waals surface area (Å²) in [7, 11) is 0. The van der Waals surface area contributed by atoms with Crippen molar-refractivity contribution in [2.24, 2.45) is 0 Å². The number of fused-ring (bicyclic) bond motifs is 1. The standard InChI is InChI=1S/C8H7N3O/c1-6-4-7(5-12)11-3-2-9-8(11)10-6/h2-5H,1H3. The average Bonchev–Trinajstić information content (AvgIpc) is 2.50. The molecule has 0 aliphatic rings. The predicted molar refractivity (Wildman–Crippen MR) is 43.1 cm³/mol. The summed E-state index contributed by atoms with van der Waals surface area (Å²) in [6.45, 7) is 1.84. The lowest BCUT2D eigenvalue weighted by Crippen LogP contribution is -1.98. The zero-order valence-electron chi connectivity index (χ0n) is 6.56. The first kappa shape index (κ1) is 6.97. The molecule has 2 aromatic rings. The van der Waals surface area contributed by atoms with E-state index in [0.29, 0.717) is 11.5 Å². The minimum Gasteiger partial charge on any atom is -0.296 e. The normalized spacial score (nSPS) is 10.4. The molecule has 0 bridgehead atoms. The Hall–Kier alpha value is -1.71. The van der Waals surface area contributed by atoms with Crippen LogP contribution in [0.15, 0.2) is 18.5 Å². The maximum Gasteiger partial charge on any atom is 0.234 e. The molecule has 0 amide bonds. The van der Waals surface area contributed by atoms with Gasteiger partial charge in [0.25, 0.3) is 0 Å². The Labute approximate surface area is 68.9 Å². The van der Waals surface area contributed by atoms with Crippen LogP contribution < -0.4 is 0 Å². The first-order valence-corrected chi connectivity index (χ1v) is 3.57. The Kier molecular flexibility index (Phi) is 1.40. The highest BCUT2D eigenvalue weighted by atomic mass is 16.1. The zero-order valence-corrected chi connectivity index (χ0v) is 6.56. The first-order valence-electron chi connectivity index (χ1n) is 3.57. The van der Waals surface area contributed by atoms with Crippen molar-refractivity contribution in [1.82, 2.24) is 14.4 Å². The van der Waals surface area contributed by atoms with Crippen LogP contribution in [0.5, 0.6) is 0 Å². The van der Waals surface area contributed by atoms with E-state index in [1.54, 1.807) is 22.9 Å². The molecule has 0 saturated heterocycles. The number of aromatic nitrogens is 3. The molecule has 0 aromatic carbocycles. The Morgan fingerprint density at radius 1 is 1.58 bits per heavy atom. The van der Waals surface area contributed by atoms with E-state index in [4.69, 9.17) is 0 Å². The maximum absolute atomic E-state index is 10.6. The third kappa shape index (κ3) is 0.887. The Morgan fingerprint density at radius 2 is 2.42 bits per heavy atom. The molecular formula is C8H7N3O. The highest BCUT2D eigenvalue weighted by molar-refractivity contribution is 5.73. The van der Waals surface area contributed by atoms with Crippen molar-refractivity contribution in [1.29, 1.82) is 0 Å². The number of hydrogen-bond acceptors (Lipinski definition) is 3. The van der Waals surface area contributed by atoms with Gasteiger partial charge in [0, 0.05) is 18.1 Å². The molecule has 0 aliphatic heterocycles. The van der Waals surface area contributed by atoms with E-state index >= 15 is 0 Å². The molecule has 4 nitrogen and oxygen atoms in total. The van der Waals surface area contributed by atoms with Crippen molar-refractivity contribution >= 4 is 12.1 Å². The number of imidazole rings is 1. The van der Waals surface area contributed by atoms with E-state index in [0.717, 1.165) is 12.0 Å². The molecule has 2 aromatic heterocycles. The molecule has 4 heteroatoms. The lowest BCUT2D eigenvalue weighted by atomic mass is 10.3. The number of rotatable bonds is 1. The Balaban J connectivity index is 2.88. The average molecular weight is 161 g/mol. The summed E-state index contributed by atoms with van der Waals surface area (Å²) in [5.41, 5.74) is 1.38. The second kappa shape index (κ2) is 2.41. The molecule has 0 fully saturated rings. The van der Waals surface area contributed by atoms with Crippen molar-refractivity contribution in [3.8, 4) is 0 Å². The van der Waals surface area contributed by atoms with Gasteiger partial charge in [-0.25, -0.2) is 9.97 Å². The molecule has 0 unspecified atom stereocenters. The van der Waals surface area contributed by atoms with Gasteiger partial charge in [-0.1, -0.05) is 0 Å². The van der Waals surface area contributed by atoms with Gasteiger partial charge in [0.15, 0.2) is 6.29 Å². The quantitative estimate of drug-likeness (QED) is 0.582. The fraction of sp³-hybridized carbons (Fsp3) is 0.125. The van der Waals surface area contributed by atoms with Crippen LogP contribution in [0.25, 0.3) is 5.78 Å². The highest BCUT2D eigenvalue weighted by Crippen LogP contribution is 2.03. The van der Waals surface area contributed by atoms with Crippen molar-refractivity contribution in [3.63, 3.8) is 0 Å². The van der Waals surface area contributed by atoms with Crippen molar-refractivity contribution in [2.45, 2.75) is 6.92 Å². The number of aryl methyl sites for hydroxylation is 1. The van der Waals surface area contributed by atoms with Gasteiger partial charge in [-0.3, -0.25) is 9.20 Å². The summed E-state index contributed by atoms with van der Waals surface area (Å²) in [4.78, 5) is 18.7. The van der Waals surface area contributed by atoms with Gasteiger partial charge in [-0.15, -0.1) is 0 Å². The van der Waals surface area contributed by atoms with E-state index < -0.39 is 0 Å². The molecular weight excluding hydrogens is 154 g/mol. The van der Waals surface area contributed by atoms with Crippen LogP contribution in [0.2, 0.25) is 0 Å².